The zero-order valence-electron chi connectivity index (χ0n) is 14.1. The normalized spacial score (nSPS) is 9.96. The molecule has 0 radical (unpaired) electrons. The Morgan fingerprint density at radius 3 is 2.29 bits per heavy atom. The summed E-state index contributed by atoms with van der Waals surface area (Å²) in [7, 11) is 1.44. The lowest BCUT2D eigenvalue weighted by Gasteiger charge is -2.16. The van der Waals surface area contributed by atoms with Crippen LogP contribution in [-0.4, -0.2) is 48.7 Å². The van der Waals surface area contributed by atoms with Crippen LogP contribution in [0.2, 0.25) is 0 Å². The maximum atomic E-state index is 11.9. The van der Waals surface area contributed by atoms with Gasteiger partial charge in [0.1, 0.15) is 5.78 Å². The van der Waals surface area contributed by atoms with Crippen molar-refractivity contribution in [1.29, 1.82) is 0 Å². The zero-order chi connectivity index (χ0) is 18.1. The summed E-state index contributed by atoms with van der Waals surface area (Å²) in [5, 5.41) is 2.67. The zero-order valence-corrected chi connectivity index (χ0v) is 14.1. The summed E-state index contributed by atoms with van der Waals surface area (Å²) in [6.07, 6.45) is 0.0298. The van der Waals surface area contributed by atoms with Crippen molar-refractivity contribution in [2.75, 3.05) is 25.5 Å². The molecule has 1 aromatic carbocycles. The first-order chi connectivity index (χ1) is 11.3. The highest BCUT2D eigenvalue weighted by Gasteiger charge is 2.15. The van der Waals surface area contributed by atoms with E-state index in [1.807, 2.05) is 19.1 Å². The smallest absolute Gasteiger partial charge is 0.306 e. The number of Topliss-reactive ketones (excluding diaryl/α,β-unsaturated/α-hetero) is 1. The molecule has 0 saturated heterocycles. The summed E-state index contributed by atoms with van der Waals surface area (Å²) in [5.41, 5.74) is 1.72. The topological polar surface area (TPSA) is 92.8 Å². The molecule has 24 heavy (non-hydrogen) atoms. The maximum Gasteiger partial charge on any atom is 0.306 e. The molecule has 2 amide bonds. The molecule has 0 aliphatic heterocycles. The first kappa shape index (κ1) is 19.3. The van der Waals surface area contributed by atoms with Crippen molar-refractivity contribution in [3.05, 3.63) is 29.8 Å². The Hall–Kier alpha value is -2.70. The highest BCUT2D eigenvalue weighted by molar-refractivity contribution is 5.94. The summed E-state index contributed by atoms with van der Waals surface area (Å²) in [6, 6.07) is 7.27. The summed E-state index contributed by atoms with van der Waals surface area (Å²) < 4.78 is 4.77. The molecule has 0 aliphatic carbocycles. The first-order valence-corrected chi connectivity index (χ1v) is 7.53. The average Bonchev–Trinajstić information content (AvgIpc) is 2.52. The number of aryl methyl sites for hydroxylation is 1. The van der Waals surface area contributed by atoms with Crippen LogP contribution >= 0.6 is 0 Å². The van der Waals surface area contributed by atoms with Crippen molar-refractivity contribution in [3.63, 3.8) is 0 Å². The molecule has 1 aromatic rings. The predicted molar refractivity (Wildman–Crippen MR) is 88.3 cm³/mol. The van der Waals surface area contributed by atoms with Crippen LogP contribution in [0.25, 0.3) is 0 Å². The SMILES string of the molecule is CC(=O)CCC(=O)OCC(=O)N(C)CC(=O)Nc1ccc(C)cc1. The Balaban J connectivity index is 2.34. The van der Waals surface area contributed by atoms with Crippen molar-refractivity contribution in [2.24, 2.45) is 0 Å². The van der Waals surface area contributed by atoms with E-state index in [1.165, 1.54) is 18.9 Å². The van der Waals surface area contributed by atoms with E-state index in [0.29, 0.717) is 5.69 Å². The molecule has 0 saturated carbocycles. The lowest BCUT2D eigenvalue weighted by molar-refractivity contribution is -0.152. The number of rotatable bonds is 8. The van der Waals surface area contributed by atoms with E-state index < -0.39 is 18.5 Å². The third-order valence-corrected chi connectivity index (χ3v) is 3.18. The van der Waals surface area contributed by atoms with Gasteiger partial charge in [-0.05, 0) is 26.0 Å². The van der Waals surface area contributed by atoms with Crippen LogP contribution in [0, 0.1) is 6.92 Å². The molecular formula is C17H22N2O5. The molecule has 0 aromatic heterocycles. The predicted octanol–water partition coefficient (Wildman–Crippen LogP) is 1.30. The minimum atomic E-state index is -0.615. The summed E-state index contributed by atoms with van der Waals surface area (Å²) >= 11 is 0. The second-order valence-corrected chi connectivity index (χ2v) is 5.53. The van der Waals surface area contributed by atoms with Crippen LogP contribution in [0.5, 0.6) is 0 Å². The van der Waals surface area contributed by atoms with Gasteiger partial charge in [0.15, 0.2) is 6.61 Å². The number of amides is 2. The van der Waals surface area contributed by atoms with E-state index in [0.717, 1.165) is 5.56 Å². The monoisotopic (exact) mass is 334 g/mol. The van der Waals surface area contributed by atoms with Gasteiger partial charge in [-0.15, -0.1) is 0 Å². The Bertz CT molecular complexity index is 610. The molecule has 0 fully saturated rings. The summed E-state index contributed by atoms with van der Waals surface area (Å²) in [6.45, 7) is 2.71. The number of hydrogen-bond donors (Lipinski definition) is 1. The molecule has 130 valence electrons. The van der Waals surface area contributed by atoms with E-state index in [9.17, 15) is 19.2 Å². The van der Waals surface area contributed by atoms with Crippen LogP contribution in [-0.2, 0) is 23.9 Å². The third kappa shape index (κ3) is 7.53. The molecule has 0 atom stereocenters. The molecule has 0 bridgehead atoms. The van der Waals surface area contributed by atoms with Crippen molar-refractivity contribution < 1.29 is 23.9 Å². The van der Waals surface area contributed by atoms with Crippen LogP contribution < -0.4 is 5.32 Å². The fraction of sp³-hybridized carbons (Fsp3) is 0.412. The Kier molecular flexibility index (Phi) is 7.61. The van der Waals surface area contributed by atoms with E-state index in [2.05, 4.69) is 5.32 Å². The number of anilines is 1. The van der Waals surface area contributed by atoms with E-state index in [4.69, 9.17) is 4.74 Å². The van der Waals surface area contributed by atoms with Gasteiger partial charge >= 0.3 is 5.97 Å². The lowest BCUT2D eigenvalue weighted by Crippen LogP contribution is -2.37. The van der Waals surface area contributed by atoms with Gasteiger partial charge in [-0.2, -0.15) is 0 Å². The van der Waals surface area contributed by atoms with Gasteiger partial charge in [-0.1, -0.05) is 17.7 Å². The molecular weight excluding hydrogens is 312 g/mol. The standard InChI is InChI=1S/C17H22N2O5/c1-12-4-7-14(8-5-12)18-15(21)10-19(3)16(22)11-24-17(23)9-6-13(2)20/h4-5,7-8H,6,9-11H2,1-3H3,(H,18,21). The molecule has 7 heteroatoms. The van der Waals surface area contributed by atoms with Crippen LogP contribution in [0.15, 0.2) is 24.3 Å². The third-order valence-electron chi connectivity index (χ3n) is 3.18. The van der Waals surface area contributed by atoms with Gasteiger partial charge in [0.25, 0.3) is 5.91 Å². The van der Waals surface area contributed by atoms with Crippen molar-refractivity contribution >= 4 is 29.3 Å². The van der Waals surface area contributed by atoms with Crippen molar-refractivity contribution in [3.8, 4) is 0 Å². The second kappa shape index (κ2) is 9.44. The number of carbonyl (C=O) groups excluding carboxylic acids is 4. The number of likely N-dealkylation sites (N-methyl/N-ethyl adjacent to an activating group) is 1. The molecule has 0 aliphatic rings. The van der Waals surface area contributed by atoms with Crippen molar-refractivity contribution in [2.45, 2.75) is 26.7 Å². The Morgan fingerprint density at radius 2 is 1.71 bits per heavy atom. The minimum Gasteiger partial charge on any atom is -0.456 e. The molecule has 0 unspecified atom stereocenters. The summed E-state index contributed by atoms with van der Waals surface area (Å²) in [4.78, 5) is 47.0. The van der Waals surface area contributed by atoms with Crippen molar-refractivity contribution in [1.82, 2.24) is 4.90 Å². The Morgan fingerprint density at radius 1 is 1.08 bits per heavy atom. The Labute approximate surface area is 141 Å². The van der Waals surface area contributed by atoms with Gasteiger partial charge in [0.05, 0.1) is 13.0 Å². The van der Waals surface area contributed by atoms with Crippen LogP contribution in [0.3, 0.4) is 0 Å². The number of carbonyl (C=O) groups is 4. The van der Waals surface area contributed by atoms with Crippen LogP contribution in [0.1, 0.15) is 25.3 Å². The lowest BCUT2D eigenvalue weighted by atomic mass is 10.2. The minimum absolute atomic E-state index is 0.0553. The highest BCUT2D eigenvalue weighted by atomic mass is 16.5. The second-order valence-electron chi connectivity index (χ2n) is 5.53. The number of nitrogens with zero attached hydrogens (tertiary/aromatic N) is 1. The maximum absolute atomic E-state index is 11.9. The van der Waals surface area contributed by atoms with Gasteiger partial charge in [-0.3, -0.25) is 14.4 Å². The van der Waals surface area contributed by atoms with Gasteiger partial charge < -0.3 is 19.7 Å². The van der Waals surface area contributed by atoms with Gasteiger partial charge in [0.2, 0.25) is 5.91 Å². The average molecular weight is 334 g/mol. The summed E-state index contributed by atoms with van der Waals surface area (Å²) in [5.74, 6) is -1.58. The number of hydrogen-bond acceptors (Lipinski definition) is 5. The van der Waals surface area contributed by atoms with E-state index >= 15 is 0 Å². The van der Waals surface area contributed by atoms with Gasteiger partial charge in [-0.25, -0.2) is 0 Å². The number of nitrogens with one attached hydrogen (secondary N) is 1. The van der Waals surface area contributed by atoms with Gasteiger partial charge in [0, 0.05) is 19.2 Å². The molecule has 1 N–H and O–H groups in total. The van der Waals surface area contributed by atoms with E-state index in [-0.39, 0.29) is 31.1 Å². The van der Waals surface area contributed by atoms with E-state index in [1.54, 1.807) is 12.1 Å². The number of esters is 1. The molecule has 7 nitrogen and oxygen atoms in total. The molecule has 1 rings (SSSR count). The molecule has 0 heterocycles. The largest absolute Gasteiger partial charge is 0.456 e. The number of ether oxygens (including phenoxy) is 1. The number of ketones is 1. The highest BCUT2D eigenvalue weighted by Crippen LogP contribution is 2.08. The fourth-order valence-electron chi connectivity index (χ4n) is 1.74. The molecule has 0 spiro atoms. The van der Waals surface area contributed by atoms with Crippen LogP contribution in [0.4, 0.5) is 5.69 Å². The quantitative estimate of drug-likeness (QED) is 0.724. The fourth-order valence-corrected chi connectivity index (χ4v) is 1.74. The first-order valence-electron chi connectivity index (χ1n) is 7.53. The number of benzene rings is 1.